The number of furan rings is 2. The normalized spacial score (nSPS) is 18.6. The first-order chi connectivity index (χ1) is 28.2. The lowest BCUT2D eigenvalue weighted by atomic mass is 9.69. The van der Waals surface area contributed by atoms with Crippen molar-refractivity contribution in [3.8, 4) is 22.3 Å². The number of hydrogen-bond donors (Lipinski definition) is 0. The quantitative estimate of drug-likeness (QED) is 0.179. The van der Waals surface area contributed by atoms with Crippen molar-refractivity contribution in [2.24, 2.45) is 11.8 Å². The SMILES string of the molecule is CC1C=C(N(c2ccc(-c3ccccc3)cc2)c2ccc3c(c2)-c2c(ccc4c2oc2ccccc24)C3(C)C)C=C2c3c(ccc4c3oc3ccccc34)C(C)(C)C21. The lowest BCUT2D eigenvalue weighted by Crippen LogP contribution is -2.31. The molecule has 0 saturated carbocycles. The Morgan fingerprint density at radius 2 is 1.09 bits per heavy atom. The zero-order chi connectivity index (χ0) is 39.1. The van der Waals surface area contributed by atoms with Gasteiger partial charge in [-0.15, -0.1) is 0 Å². The molecule has 0 fully saturated rings. The first-order valence-corrected chi connectivity index (χ1v) is 20.6. The fraction of sp³-hybridized carbons (Fsp3) is 0.164. The molecule has 0 radical (unpaired) electrons. The molecular weight excluding hydrogens is 707 g/mol. The van der Waals surface area contributed by atoms with Crippen LogP contribution in [0, 0.1) is 11.8 Å². The summed E-state index contributed by atoms with van der Waals surface area (Å²) in [4.78, 5) is 2.47. The maximum absolute atomic E-state index is 6.77. The van der Waals surface area contributed by atoms with Gasteiger partial charge in [-0.25, -0.2) is 0 Å². The second kappa shape index (κ2) is 11.7. The number of rotatable bonds is 4. The van der Waals surface area contributed by atoms with E-state index in [0.29, 0.717) is 5.92 Å². The molecule has 58 heavy (non-hydrogen) atoms. The van der Waals surface area contributed by atoms with E-state index in [1.165, 1.54) is 66.6 Å². The Morgan fingerprint density at radius 1 is 0.517 bits per heavy atom. The molecule has 2 unspecified atom stereocenters. The summed E-state index contributed by atoms with van der Waals surface area (Å²) in [5.74, 6) is 0.577. The molecule has 0 bridgehead atoms. The van der Waals surface area contributed by atoms with Gasteiger partial charge in [0.2, 0.25) is 0 Å². The summed E-state index contributed by atoms with van der Waals surface area (Å²) in [6, 6.07) is 52.9. The van der Waals surface area contributed by atoms with Crippen LogP contribution in [0.5, 0.6) is 0 Å². The van der Waals surface area contributed by atoms with Crippen molar-refractivity contribution >= 4 is 60.8 Å². The van der Waals surface area contributed by atoms with Crippen molar-refractivity contribution in [1.82, 2.24) is 0 Å². The van der Waals surface area contributed by atoms with Gasteiger partial charge in [0.1, 0.15) is 22.3 Å². The number of para-hydroxylation sites is 2. The fourth-order valence-corrected chi connectivity index (χ4v) is 11.2. The molecule has 3 aliphatic carbocycles. The van der Waals surface area contributed by atoms with Crippen LogP contribution in [0.2, 0.25) is 0 Å². The highest BCUT2D eigenvalue weighted by atomic mass is 16.3. The van der Waals surface area contributed by atoms with E-state index in [1.54, 1.807) is 0 Å². The van der Waals surface area contributed by atoms with Crippen molar-refractivity contribution < 1.29 is 8.83 Å². The van der Waals surface area contributed by atoms with E-state index in [4.69, 9.17) is 8.83 Å². The summed E-state index contributed by atoms with van der Waals surface area (Å²) >= 11 is 0. The van der Waals surface area contributed by atoms with Gasteiger partial charge in [0.25, 0.3) is 0 Å². The van der Waals surface area contributed by atoms with E-state index in [2.05, 4.69) is 197 Å². The van der Waals surface area contributed by atoms with E-state index >= 15 is 0 Å². The van der Waals surface area contributed by atoms with Gasteiger partial charge in [0.05, 0.1) is 0 Å². The highest BCUT2D eigenvalue weighted by Gasteiger charge is 2.48. The van der Waals surface area contributed by atoms with Crippen molar-refractivity contribution in [1.29, 1.82) is 0 Å². The molecule has 0 saturated heterocycles. The maximum Gasteiger partial charge on any atom is 0.143 e. The first-order valence-electron chi connectivity index (χ1n) is 20.6. The highest BCUT2D eigenvalue weighted by Crippen LogP contribution is 2.59. The molecule has 280 valence electrons. The Morgan fingerprint density at radius 3 is 1.78 bits per heavy atom. The van der Waals surface area contributed by atoms with Gasteiger partial charge in [-0.05, 0) is 98.7 Å². The minimum Gasteiger partial charge on any atom is -0.455 e. The fourth-order valence-electron chi connectivity index (χ4n) is 11.2. The third-order valence-electron chi connectivity index (χ3n) is 13.8. The number of hydrogen-bond acceptors (Lipinski definition) is 3. The standard InChI is InChI=1S/C55H43NO2/c1-32-29-37(31-43-50-46(55(4,5)51(32)43)28-25-41-39-16-10-12-18-48(39)58-53(41)50)56(35-21-19-34(20-22-35)33-13-7-6-8-14-33)36-23-26-44-42(30-36)49-45(54(44,2)3)27-24-40-38-15-9-11-17-47(38)57-52(40)49/h6-32,51H,1-5H3. The molecule has 0 amide bonds. The Kier molecular flexibility index (Phi) is 6.79. The zero-order valence-corrected chi connectivity index (χ0v) is 33.4. The minimum atomic E-state index is -0.177. The number of fused-ring (bicyclic) bond motifs is 14. The number of allylic oxidation sites excluding steroid dienone is 3. The van der Waals surface area contributed by atoms with Crippen LogP contribution < -0.4 is 4.90 Å². The van der Waals surface area contributed by atoms with Gasteiger partial charge in [0, 0.05) is 55.2 Å². The third kappa shape index (κ3) is 4.50. The summed E-state index contributed by atoms with van der Waals surface area (Å²) in [6.07, 6.45) is 4.98. The molecule has 2 heterocycles. The smallest absolute Gasteiger partial charge is 0.143 e. The minimum absolute atomic E-state index is 0.0707. The lowest BCUT2D eigenvalue weighted by molar-refractivity contribution is 0.345. The Balaban J connectivity index is 1.08. The topological polar surface area (TPSA) is 29.5 Å². The van der Waals surface area contributed by atoms with Gasteiger partial charge < -0.3 is 13.7 Å². The molecule has 3 aliphatic rings. The van der Waals surface area contributed by atoms with Crippen molar-refractivity contribution in [3.63, 3.8) is 0 Å². The summed E-state index contributed by atoms with van der Waals surface area (Å²) in [7, 11) is 0. The lowest BCUT2D eigenvalue weighted by Gasteiger charge is -2.37. The molecule has 0 N–H and O–H groups in total. The van der Waals surface area contributed by atoms with E-state index in [9.17, 15) is 0 Å². The molecule has 2 atom stereocenters. The van der Waals surface area contributed by atoms with Gasteiger partial charge >= 0.3 is 0 Å². The summed E-state index contributed by atoms with van der Waals surface area (Å²) in [5, 5.41) is 4.67. The Hall–Kier alpha value is -6.58. The van der Waals surface area contributed by atoms with Crippen molar-refractivity contribution in [2.75, 3.05) is 4.90 Å². The summed E-state index contributed by atoms with van der Waals surface area (Å²) < 4.78 is 13.5. The van der Waals surface area contributed by atoms with Crippen LogP contribution in [0.15, 0.2) is 172 Å². The molecule has 3 nitrogen and oxygen atoms in total. The first kappa shape index (κ1) is 33.5. The van der Waals surface area contributed by atoms with Crippen LogP contribution in [0.1, 0.15) is 56.9 Å². The van der Waals surface area contributed by atoms with E-state index < -0.39 is 0 Å². The molecule has 12 rings (SSSR count). The van der Waals surface area contributed by atoms with Crippen molar-refractivity contribution in [3.05, 3.63) is 186 Å². The van der Waals surface area contributed by atoms with E-state index in [0.717, 1.165) is 44.5 Å². The van der Waals surface area contributed by atoms with Crippen LogP contribution in [-0.2, 0) is 10.8 Å². The second-order valence-electron chi connectivity index (χ2n) is 17.8. The highest BCUT2D eigenvalue weighted by molar-refractivity contribution is 6.12. The molecule has 9 aromatic rings. The molecule has 7 aromatic carbocycles. The largest absolute Gasteiger partial charge is 0.455 e. The van der Waals surface area contributed by atoms with Gasteiger partial charge in [-0.1, -0.05) is 150 Å². The third-order valence-corrected chi connectivity index (χ3v) is 13.8. The van der Waals surface area contributed by atoms with Gasteiger partial charge in [0.15, 0.2) is 0 Å². The van der Waals surface area contributed by atoms with Gasteiger partial charge in [-0.3, -0.25) is 0 Å². The monoisotopic (exact) mass is 749 g/mol. The number of benzene rings is 7. The molecular formula is C55H43NO2. The van der Waals surface area contributed by atoms with E-state index in [-0.39, 0.29) is 16.7 Å². The second-order valence-corrected chi connectivity index (χ2v) is 17.8. The Bertz CT molecular complexity index is 3240. The van der Waals surface area contributed by atoms with E-state index in [1.807, 2.05) is 0 Å². The number of nitrogens with zero attached hydrogens (tertiary/aromatic N) is 1. The summed E-state index contributed by atoms with van der Waals surface area (Å²) in [6.45, 7) is 11.9. The maximum atomic E-state index is 6.77. The predicted molar refractivity (Wildman–Crippen MR) is 241 cm³/mol. The van der Waals surface area contributed by atoms with Crippen LogP contribution in [-0.4, -0.2) is 0 Å². The molecule has 3 heteroatoms. The average Bonchev–Trinajstić information content (AvgIpc) is 3.94. The van der Waals surface area contributed by atoms with Crippen LogP contribution in [0.3, 0.4) is 0 Å². The Labute approximate surface area is 338 Å². The van der Waals surface area contributed by atoms with Crippen LogP contribution in [0.25, 0.3) is 71.7 Å². The van der Waals surface area contributed by atoms with Crippen LogP contribution in [0.4, 0.5) is 11.4 Å². The number of anilines is 2. The molecule has 2 aromatic heterocycles. The van der Waals surface area contributed by atoms with Crippen LogP contribution >= 0.6 is 0 Å². The zero-order valence-electron chi connectivity index (χ0n) is 33.4. The molecule has 0 spiro atoms. The predicted octanol–water partition coefficient (Wildman–Crippen LogP) is 15.1. The molecule has 0 aliphatic heterocycles. The summed E-state index contributed by atoms with van der Waals surface area (Å²) in [5.41, 5.74) is 18.5. The average molecular weight is 750 g/mol. The van der Waals surface area contributed by atoms with Crippen molar-refractivity contribution in [2.45, 2.75) is 45.4 Å². The van der Waals surface area contributed by atoms with Gasteiger partial charge in [-0.2, -0.15) is 0 Å².